The van der Waals surface area contributed by atoms with Gasteiger partial charge in [0, 0.05) is 24.4 Å². The van der Waals surface area contributed by atoms with Gasteiger partial charge in [0.25, 0.3) is 0 Å². The van der Waals surface area contributed by atoms with Gasteiger partial charge in [-0.25, -0.2) is 4.98 Å². The van der Waals surface area contributed by atoms with E-state index in [9.17, 15) is 4.79 Å². The number of hydrogen-bond acceptors (Lipinski definition) is 3. The number of carbonyl (C=O) groups is 1. The van der Waals surface area contributed by atoms with E-state index in [4.69, 9.17) is 4.74 Å². The monoisotopic (exact) mass is 309 g/mol. The number of hydrogen-bond donors (Lipinski definition) is 1. The second kappa shape index (κ2) is 6.12. The molecule has 118 valence electrons. The molecular weight excluding hydrogens is 290 g/mol. The highest BCUT2D eigenvalue weighted by atomic mass is 16.5. The lowest BCUT2D eigenvalue weighted by Gasteiger charge is -2.10. The maximum atomic E-state index is 11.7. The number of aromatic nitrogens is 2. The zero-order valence-electron chi connectivity index (χ0n) is 13.5. The summed E-state index contributed by atoms with van der Waals surface area (Å²) in [5.74, 6) is 0.584. The number of ether oxygens (including phenoxy) is 1. The lowest BCUT2D eigenvalue weighted by Crippen LogP contribution is -2.10. The lowest BCUT2D eigenvalue weighted by atomic mass is 10.1. The molecule has 0 bridgehead atoms. The number of fused-ring (bicyclic) bond motifs is 1. The highest BCUT2D eigenvalue weighted by Crippen LogP contribution is 2.30. The molecule has 0 aliphatic rings. The van der Waals surface area contributed by atoms with Gasteiger partial charge in [-0.15, -0.1) is 0 Å². The Morgan fingerprint density at radius 3 is 2.87 bits per heavy atom. The van der Waals surface area contributed by atoms with Crippen LogP contribution >= 0.6 is 0 Å². The average molecular weight is 309 g/mol. The fourth-order valence-electron chi connectivity index (χ4n) is 2.43. The van der Waals surface area contributed by atoms with Crippen molar-refractivity contribution in [1.29, 1.82) is 0 Å². The van der Waals surface area contributed by atoms with Crippen LogP contribution in [0.1, 0.15) is 18.9 Å². The zero-order chi connectivity index (χ0) is 16.4. The molecular formula is C18H19N3O2. The van der Waals surface area contributed by atoms with E-state index in [1.807, 2.05) is 61.0 Å². The number of nitrogens with zero attached hydrogens (tertiary/aromatic N) is 2. The van der Waals surface area contributed by atoms with Crippen molar-refractivity contribution in [3.63, 3.8) is 0 Å². The number of benzene rings is 1. The van der Waals surface area contributed by atoms with Gasteiger partial charge in [-0.1, -0.05) is 6.92 Å². The fraction of sp³-hybridized carbons (Fsp3) is 0.222. The van der Waals surface area contributed by atoms with Crippen molar-refractivity contribution in [2.75, 3.05) is 12.4 Å². The predicted octanol–water partition coefficient (Wildman–Crippen LogP) is 3.67. The smallest absolute Gasteiger partial charge is 0.224 e. The number of imidazole rings is 1. The SMILES string of the molecule is CCC(=O)Nc1cc(-c2cn3ccc(C)cc3n2)ccc1OC. The molecule has 0 saturated carbocycles. The Hall–Kier alpha value is -2.82. The zero-order valence-corrected chi connectivity index (χ0v) is 13.5. The summed E-state index contributed by atoms with van der Waals surface area (Å²) in [5.41, 5.74) is 4.50. The van der Waals surface area contributed by atoms with Crippen molar-refractivity contribution >= 4 is 17.2 Å². The average Bonchev–Trinajstić information content (AvgIpc) is 2.97. The topological polar surface area (TPSA) is 55.6 Å². The van der Waals surface area contributed by atoms with Gasteiger partial charge in [-0.05, 0) is 42.8 Å². The summed E-state index contributed by atoms with van der Waals surface area (Å²) >= 11 is 0. The molecule has 5 heteroatoms. The van der Waals surface area contributed by atoms with Gasteiger partial charge < -0.3 is 14.5 Å². The number of pyridine rings is 1. The highest BCUT2D eigenvalue weighted by molar-refractivity contribution is 5.93. The Balaban J connectivity index is 2.03. The Kier molecular flexibility index (Phi) is 4.02. The molecule has 3 rings (SSSR count). The van der Waals surface area contributed by atoms with Crippen LogP contribution in [0.3, 0.4) is 0 Å². The minimum absolute atomic E-state index is 0.0499. The second-order valence-corrected chi connectivity index (χ2v) is 5.41. The van der Waals surface area contributed by atoms with Gasteiger partial charge in [0.05, 0.1) is 18.5 Å². The molecule has 0 fully saturated rings. The first kappa shape index (κ1) is 15.1. The first-order valence-corrected chi connectivity index (χ1v) is 7.54. The van der Waals surface area contributed by atoms with E-state index in [1.165, 1.54) is 5.56 Å². The molecule has 0 atom stereocenters. The van der Waals surface area contributed by atoms with Crippen LogP contribution in [0.5, 0.6) is 5.75 Å². The number of anilines is 1. The fourth-order valence-corrected chi connectivity index (χ4v) is 2.43. The predicted molar refractivity (Wildman–Crippen MR) is 90.8 cm³/mol. The van der Waals surface area contributed by atoms with Gasteiger partial charge in [0.2, 0.25) is 5.91 Å². The van der Waals surface area contributed by atoms with Gasteiger partial charge in [-0.2, -0.15) is 0 Å². The number of rotatable bonds is 4. The summed E-state index contributed by atoms with van der Waals surface area (Å²) in [5, 5.41) is 2.87. The first-order valence-electron chi connectivity index (χ1n) is 7.54. The molecule has 0 saturated heterocycles. The van der Waals surface area contributed by atoms with Crippen LogP contribution in [0.2, 0.25) is 0 Å². The van der Waals surface area contributed by atoms with Crippen molar-refractivity contribution in [3.8, 4) is 17.0 Å². The van der Waals surface area contributed by atoms with E-state index < -0.39 is 0 Å². The van der Waals surface area contributed by atoms with E-state index in [0.717, 1.165) is 16.9 Å². The molecule has 1 N–H and O–H groups in total. The van der Waals surface area contributed by atoms with Crippen molar-refractivity contribution in [2.24, 2.45) is 0 Å². The second-order valence-electron chi connectivity index (χ2n) is 5.41. The van der Waals surface area contributed by atoms with Crippen LogP contribution in [0, 0.1) is 6.92 Å². The minimum atomic E-state index is -0.0499. The quantitative estimate of drug-likeness (QED) is 0.800. The Morgan fingerprint density at radius 1 is 1.30 bits per heavy atom. The van der Waals surface area contributed by atoms with E-state index in [-0.39, 0.29) is 5.91 Å². The van der Waals surface area contributed by atoms with E-state index in [0.29, 0.717) is 17.9 Å². The van der Waals surface area contributed by atoms with Crippen LogP contribution in [-0.2, 0) is 4.79 Å². The van der Waals surface area contributed by atoms with Gasteiger partial charge in [0.15, 0.2) is 0 Å². The number of amides is 1. The number of aryl methyl sites for hydroxylation is 1. The molecule has 5 nitrogen and oxygen atoms in total. The first-order chi connectivity index (χ1) is 11.1. The standard InChI is InChI=1S/C18H19N3O2/c1-4-18(22)20-14-10-13(5-6-16(14)23-3)15-11-21-8-7-12(2)9-17(21)19-15/h5-11H,4H2,1-3H3,(H,20,22). The number of carbonyl (C=O) groups excluding carboxylic acids is 1. The third kappa shape index (κ3) is 3.04. The van der Waals surface area contributed by atoms with Crippen molar-refractivity contribution in [2.45, 2.75) is 20.3 Å². The molecule has 2 aromatic heterocycles. The summed E-state index contributed by atoms with van der Waals surface area (Å²) in [6.45, 7) is 3.86. The third-order valence-corrected chi connectivity index (χ3v) is 3.71. The highest BCUT2D eigenvalue weighted by Gasteiger charge is 2.11. The summed E-state index contributed by atoms with van der Waals surface area (Å²) < 4.78 is 7.30. The Labute approximate surface area is 134 Å². The maximum absolute atomic E-state index is 11.7. The summed E-state index contributed by atoms with van der Waals surface area (Å²) in [7, 11) is 1.59. The maximum Gasteiger partial charge on any atom is 0.224 e. The van der Waals surface area contributed by atoms with E-state index in [2.05, 4.69) is 10.3 Å². The Morgan fingerprint density at radius 2 is 2.13 bits per heavy atom. The van der Waals surface area contributed by atoms with Crippen LogP contribution in [0.15, 0.2) is 42.7 Å². The molecule has 3 aromatic rings. The number of nitrogens with one attached hydrogen (secondary N) is 1. The van der Waals surface area contributed by atoms with Crippen molar-refractivity contribution in [1.82, 2.24) is 9.38 Å². The molecule has 23 heavy (non-hydrogen) atoms. The van der Waals surface area contributed by atoms with E-state index >= 15 is 0 Å². The molecule has 0 radical (unpaired) electrons. The van der Waals surface area contributed by atoms with Gasteiger partial charge >= 0.3 is 0 Å². The minimum Gasteiger partial charge on any atom is -0.495 e. The molecule has 1 aromatic carbocycles. The molecule has 0 spiro atoms. The van der Waals surface area contributed by atoms with Gasteiger partial charge in [0.1, 0.15) is 11.4 Å². The molecule has 1 amide bonds. The number of methoxy groups -OCH3 is 1. The van der Waals surface area contributed by atoms with E-state index in [1.54, 1.807) is 7.11 Å². The van der Waals surface area contributed by atoms with Crippen molar-refractivity contribution < 1.29 is 9.53 Å². The third-order valence-electron chi connectivity index (χ3n) is 3.71. The van der Waals surface area contributed by atoms with Crippen LogP contribution in [0.25, 0.3) is 16.9 Å². The molecule has 0 aliphatic heterocycles. The van der Waals surface area contributed by atoms with Crippen LogP contribution < -0.4 is 10.1 Å². The summed E-state index contributed by atoms with van der Waals surface area (Å²) in [6, 6.07) is 9.75. The van der Waals surface area contributed by atoms with Crippen LogP contribution in [-0.4, -0.2) is 22.4 Å². The molecule has 2 heterocycles. The van der Waals surface area contributed by atoms with Gasteiger partial charge in [-0.3, -0.25) is 4.79 Å². The van der Waals surface area contributed by atoms with Crippen molar-refractivity contribution in [3.05, 3.63) is 48.3 Å². The normalized spacial score (nSPS) is 10.7. The summed E-state index contributed by atoms with van der Waals surface area (Å²) in [4.78, 5) is 16.3. The molecule has 0 unspecified atom stereocenters. The molecule has 0 aliphatic carbocycles. The Bertz CT molecular complexity index is 868. The lowest BCUT2D eigenvalue weighted by molar-refractivity contribution is -0.115. The van der Waals surface area contributed by atoms with Crippen LogP contribution in [0.4, 0.5) is 5.69 Å². The largest absolute Gasteiger partial charge is 0.495 e. The summed E-state index contributed by atoms with van der Waals surface area (Å²) in [6.07, 6.45) is 4.38.